The third-order valence-electron chi connectivity index (χ3n) is 3.96. The van der Waals surface area contributed by atoms with Crippen molar-refractivity contribution in [1.29, 1.82) is 0 Å². The van der Waals surface area contributed by atoms with E-state index >= 15 is 0 Å². The quantitative estimate of drug-likeness (QED) is 0.510. The summed E-state index contributed by atoms with van der Waals surface area (Å²) in [6.45, 7) is 0. The molecule has 0 spiro atoms. The molecule has 0 saturated carbocycles. The lowest BCUT2D eigenvalue weighted by Gasteiger charge is -2.17. The summed E-state index contributed by atoms with van der Waals surface area (Å²) in [5, 5.41) is 1.13. The van der Waals surface area contributed by atoms with Gasteiger partial charge in [0.05, 0.1) is 0 Å². The molecule has 0 aromatic heterocycles. The van der Waals surface area contributed by atoms with E-state index in [2.05, 4.69) is 31.9 Å². The Morgan fingerprint density at radius 1 is 0.714 bits per heavy atom. The van der Waals surface area contributed by atoms with Gasteiger partial charge in [-0.05, 0) is 35.4 Å². The highest BCUT2D eigenvalue weighted by molar-refractivity contribution is 9.09. The van der Waals surface area contributed by atoms with Crippen LogP contribution in [0.4, 0.5) is 8.78 Å². The molecule has 1 saturated heterocycles. The lowest BCUT2D eigenvalue weighted by atomic mass is 9.84. The maximum Gasteiger partial charge on any atom is 0.138 e. The Kier molecular flexibility index (Phi) is 3.93. The molecule has 0 N–H and O–H groups in total. The number of halogens is 4. The van der Waals surface area contributed by atoms with Crippen LogP contribution in [0.2, 0.25) is 0 Å². The van der Waals surface area contributed by atoms with E-state index in [9.17, 15) is 8.78 Å². The molecule has 3 rings (SSSR count). The van der Waals surface area contributed by atoms with Gasteiger partial charge in [-0.15, -0.1) is 0 Å². The minimum absolute atomic E-state index is 0.282. The maximum atomic E-state index is 13.1. The predicted octanol–water partition coefficient (Wildman–Crippen LogP) is 4.88. The zero-order valence-electron chi connectivity index (χ0n) is 11.0. The van der Waals surface area contributed by atoms with Crippen LogP contribution in [0.3, 0.4) is 0 Å². The van der Waals surface area contributed by atoms with Gasteiger partial charge in [0.1, 0.15) is 22.8 Å². The van der Waals surface area contributed by atoms with Crippen molar-refractivity contribution in [2.45, 2.75) is 11.2 Å². The fourth-order valence-corrected chi connectivity index (χ4v) is 4.50. The Hall–Kier alpha value is -0.780. The van der Waals surface area contributed by atoms with Gasteiger partial charge in [0.15, 0.2) is 0 Å². The van der Waals surface area contributed by atoms with E-state index in [-0.39, 0.29) is 11.6 Å². The Labute approximate surface area is 138 Å². The third kappa shape index (κ3) is 2.26. The molecular weight excluding hydrogens is 406 g/mol. The number of ether oxygens (including phenoxy) is 1. The highest BCUT2D eigenvalue weighted by atomic mass is 79.9. The molecule has 2 aromatic carbocycles. The van der Waals surface area contributed by atoms with Crippen LogP contribution in [0.25, 0.3) is 0 Å². The first kappa shape index (κ1) is 15.1. The van der Waals surface area contributed by atoms with Gasteiger partial charge in [-0.25, -0.2) is 8.78 Å². The third-order valence-corrected chi connectivity index (χ3v) is 5.54. The van der Waals surface area contributed by atoms with Gasteiger partial charge in [0.25, 0.3) is 0 Å². The molecule has 0 aliphatic carbocycles. The molecule has 2 unspecified atom stereocenters. The van der Waals surface area contributed by atoms with Crippen molar-refractivity contribution in [2.75, 3.05) is 10.7 Å². The zero-order valence-corrected chi connectivity index (χ0v) is 14.1. The van der Waals surface area contributed by atoms with Crippen LogP contribution in [0.1, 0.15) is 11.1 Å². The van der Waals surface area contributed by atoms with Crippen LogP contribution in [0.15, 0.2) is 48.5 Å². The van der Waals surface area contributed by atoms with Gasteiger partial charge in [-0.1, -0.05) is 56.1 Å². The summed E-state index contributed by atoms with van der Waals surface area (Å²) in [6, 6.07) is 12.6. The van der Waals surface area contributed by atoms with Crippen molar-refractivity contribution >= 4 is 31.9 Å². The Morgan fingerprint density at radius 3 is 1.33 bits per heavy atom. The second-order valence-corrected chi connectivity index (χ2v) is 6.16. The van der Waals surface area contributed by atoms with E-state index in [4.69, 9.17) is 4.74 Å². The summed E-state index contributed by atoms with van der Waals surface area (Å²) in [5.74, 6) is -0.564. The number of hydrogen-bond acceptors (Lipinski definition) is 1. The van der Waals surface area contributed by atoms with Crippen molar-refractivity contribution in [2.24, 2.45) is 0 Å². The van der Waals surface area contributed by atoms with Crippen LogP contribution in [0, 0.1) is 11.6 Å². The van der Waals surface area contributed by atoms with Crippen molar-refractivity contribution in [1.82, 2.24) is 0 Å². The van der Waals surface area contributed by atoms with Gasteiger partial charge in [0, 0.05) is 10.7 Å². The fourth-order valence-electron chi connectivity index (χ4n) is 2.72. The van der Waals surface area contributed by atoms with E-state index in [1.54, 1.807) is 24.3 Å². The highest BCUT2D eigenvalue weighted by Crippen LogP contribution is 2.63. The number of alkyl halides is 2. The van der Waals surface area contributed by atoms with Crippen LogP contribution in [-0.4, -0.2) is 10.7 Å². The summed E-state index contributed by atoms with van der Waals surface area (Å²) in [6.07, 6.45) is 0. The van der Waals surface area contributed by atoms with Gasteiger partial charge >= 0.3 is 0 Å². The van der Waals surface area contributed by atoms with Gasteiger partial charge < -0.3 is 4.74 Å². The normalized spacial score (nSPS) is 27.6. The fraction of sp³-hybridized carbons (Fsp3) is 0.250. The molecule has 1 aliphatic heterocycles. The predicted molar refractivity (Wildman–Crippen MR) is 84.8 cm³/mol. The van der Waals surface area contributed by atoms with Gasteiger partial charge in [-0.2, -0.15) is 0 Å². The number of rotatable bonds is 4. The monoisotopic (exact) mass is 416 g/mol. The first-order valence-corrected chi connectivity index (χ1v) is 8.66. The SMILES string of the molecule is Fc1ccc(C2(CBr)OC2(CBr)c2ccc(F)cc2)cc1. The number of hydrogen-bond donors (Lipinski definition) is 0. The minimum atomic E-state index is -0.581. The molecule has 0 amide bonds. The lowest BCUT2D eigenvalue weighted by molar-refractivity contribution is 0.286. The number of epoxide rings is 1. The average molecular weight is 418 g/mol. The van der Waals surface area contributed by atoms with E-state index in [0.717, 1.165) is 11.1 Å². The molecule has 110 valence electrons. The topological polar surface area (TPSA) is 12.5 Å². The number of benzene rings is 2. The second kappa shape index (κ2) is 5.45. The van der Waals surface area contributed by atoms with Crippen LogP contribution >= 0.6 is 31.9 Å². The molecule has 0 radical (unpaired) electrons. The Balaban J connectivity index is 2.05. The minimum Gasteiger partial charge on any atom is -0.350 e. The molecule has 1 fully saturated rings. The van der Waals surface area contributed by atoms with Gasteiger partial charge in [-0.3, -0.25) is 0 Å². The molecule has 1 nitrogen and oxygen atoms in total. The van der Waals surface area contributed by atoms with Crippen molar-refractivity contribution in [3.8, 4) is 0 Å². The van der Waals surface area contributed by atoms with Crippen molar-refractivity contribution in [3.05, 3.63) is 71.3 Å². The van der Waals surface area contributed by atoms with E-state index in [1.807, 2.05) is 0 Å². The first-order chi connectivity index (χ1) is 10.1. The van der Waals surface area contributed by atoms with Crippen LogP contribution in [0.5, 0.6) is 0 Å². The van der Waals surface area contributed by atoms with Crippen LogP contribution in [-0.2, 0) is 15.9 Å². The standard InChI is InChI=1S/C16H12Br2F2O/c17-9-15(11-1-5-13(19)6-2-11)16(10-18,21-15)12-3-7-14(20)8-4-12/h1-8H,9-10H2. The molecule has 1 aliphatic rings. The lowest BCUT2D eigenvalue weighted by Crippen LogP contribution is -2.25. The highest BCUT2D eigenvalue weighted by Gasteiger charge is 2.70. The Bertz CT molecular complexity index is 587. The smallest absolute Gasteiger partial charge is 0.138 e. The largest absolute Gasteiger partial charge is 0.350 e. The summed E-state index contributed by atoms with van der Waals surface area (Å²) in [7, 11) is 0. The van der Waals surface area contributed by atoms with E-state index in [0.29, 0.717) is 10.7 Å². The zero-order chi connectivity index (χ0) is 15.1. The average Bonchev–Trinajstić information content (AvgIpc) is 3.19. The summed E-state index contributed by atoms with van der Waals surface area (Å²) in [4.78, 5) is 0. The maximum absolute atomic E-state index is 13.1. The molecule has 1 heterocycles. The molecule has 2 aromatic rings. The van der Waals surface area contributed by atoms with Crippen molar-refractivity contribution < 1.29 is 13.5 Å². The van der Waals surface area contributed by atoms with E-state index < -0.39 is 11.2 Å². The Morgan fingerprint density at radius 2 is 1.05 bits per heavy atom. The second-order valence-electron chi connectivity index (χ2n) is 5.04. The summed E-state index contributed by atoms with van der Waals surface area (Å²) < 4.78 is 32.4. The molecule has 0 bridgehead atoms. The molecule has 5 heteroatoms. The van der Waals surface area contributed by atoms with Crippen LogP contribution < -0.4 is 0 Å². The summed E-state index contributed by atoms with van der Waals surface area (Å²) >= 11 is 7.01. The molecular formula is C16H12Br2F2O. The summed E-state index contributed by atoms with van der Waals surface area (Å²) in [5.41, 5.74) is 0.624. The van der Waals surface area contributed by atoms with E-state index in [1.165, 1.54) is 24.3 Å². The molecule has 21 heavy (non-hydrogen) atoms. The van der Waals surface area contributed by atoms with Crippen molar-refractivity contribution in [3.63, 3.8) is 0 Å². The first-order valence-electron chi connectivity index (χ1n) is 6.42. The van der Waals surface area contributed by atoms with Gasteiger partial charge in [0.2, 0.25) is 0 Å². The molecule has 2 atom stereocenters.